The summed E-state index contributed by atoms with van der Waals surface area (Å²) in [4.78, 5) is 16.0. The van der Waals surface area contributed by atoms with Crippen molar-refractivity contribution in [2.45, 2.75) is 79.8 Å². The zero-order valence-electron chi connectivity index (χ0n) is 32.8. The van der Waals surface area contributed by atoms with Gasteiger partial charge in [-0.05, 0) is 64.7 Å². The topological polar surface area (TPSA) is 72.5 Å². The Balaban J connectivity index is 1.41. The van der Waals surface area contributed by atoms with Crippen LogP contribution >= 0.6 is 11.8 Å². The Bertz CT molecular complexity index is 1850. The van der Waals surface area contributed by atoms with Crippen LogP contribution in [0.15, 0.2) is 144 Å². The Hall–Kier alpha value is -4.22. The normalized spacial score (nSPS) is 19.2. The molecule has 9 heteroatoms. The molecule has 4 atom stereocenters. The molecule has 0 unspecified atom stereocenters. The lowest BCUT2D eigenvalue weighted by molar-refractivity contribution is -0.186. The largest absolute Gasteiger partial charge is 0.497 e. The fraction of sp³-hybridized carbons (Fsp3) is 0.326. The van der Waals surface area contributed by atoms with Crippen LogP contribution in [0.1, 0.15) is 43.0 Å². The second-order valence-corrected chi connectivity index (χ2v) is 21.1. The fourth-order valence-electron chi connectivity index (χ4n) is 6.54. The SMILES string of the molecule is COc1cc(CO[C@H]2[C@H](Sc3ccccc3)O[C@H](COC(c3ccccc3)(c3ccccc3)c3ccccc3)C(=O)[C@@H]2O[Si](C)(C)C(C)(C)C)cc(OC)c1. The van der Waals surface area contributed by atoms with Crippen LogP contribution in [-0.2, 0) is 35.6 Å². The molecular formula is C46H52O7SSi. The molecule has 0 amide bonds. The maximum absolute atomic E-state index is 15.0. The maximum atomic E-state index is 15.0. The number of thioether (sulfide) groups is 1. The molecule has 5 aromatic rings. The highest BCUT2D eigenvalue weighted by atomic mass is 32.2. The van der Waals surface area contributed by atoms with Crippen LogP contribution in [0.3, 0.4) is 0 Å². The summed E-state index contributed by atoms with van der Waals surface area (Å²) in [6, 6.07) is 46.1. The molecule has 5 aromatic carbocycles. The van der Waals surface area contributed by atoms with E-state index in [0.717, 1.165) is 27.1 Å². The van der Waals surface area contributed by atoms with E-state index in [2.05, 4.69) is 70.3 Å². The molecule has 55 heavy (non-hydrogen) atoms. The van der Waals surface area contributed by atoms with Crippen molar-refractivity contribution < 1.29 is 32.9 Å². The Morgan fingerprint density at radius 1 is 0.691 bits per heavy atom. The van der Waals surface area contributed by atoms with Gasteiger partial charge < -0.3 is 28.1 Å². The van der Waals surface area contributed by atoms with Crippen LogP contribution in [0.2, 0.25) is 18.1 Å². The summed E-state index contributed by atoms with van der Waals surface area (Å²) in [6.45, 7) is 11.0. The van der Waals surface area contributed by atoms with Gasteiger partial charge in [0.1, 0.15) is 40.8 Å². The van der Waals surface area contributed by atoms with Crippen LogP contribution < -0.4 is 9.47 Å². The minimum absolute atomic E-state index is 0.0273. The first-order valence-electron chi connectivity index (χ1n) is 18.7. The number of benzene rings is 5. The molecular weight excluding hydrogens is 725 g/mol. The average molecular weight is 777 g/mol. The van der Waals surface area contributed by atoms with Gasteiger partial charge in [-0.1, -0.05) is 142 Å². The molecule has 1 aliphatic heterocycles. The van der Waals surface area contributed by atoms with E-state index >= 15 is 4.79 Å². The Morgan fingerprint density at radius 3 is 1.62 bits per heavy atom. The standard InChI is InChI=1S/C46H52O7SSi/c1-45(2,3)55(6,7)53-42-41(47)40(32-51-46(34-20-12-8-13-21-34,35-22-14-9-15-23-35)36-24-16-10-17-25-36)52-44(54-39-26-18-11-19-27-39)43(42)50-31-33-28-37(48-4)30-38(29-33)49-5/h8-30,40,42-44H,31-32H2,1-7H3/t40-,42+,43-,44+/m1/s1. The van der Waals surface area contributed by atoms with Crippen molar-refractivity contribution in [1.82, 2.24) is 0 Å². The van der Waals surface area contributed by atoms with E-state index in [1.807, 2.05) is 103 Å². The minimum Gasteiger partial charge on any atom is -0.497 e. The highest BCUT2D eigenvalue weighted by Gasteiger charge is 2.52. The molecule has 1 fully saturated rings. The summed E-state index contributed by atoms with van der Waals surface area (Å²) in [6.07, 6.45) is -2.62. The van der Waals surface area contributed by atoms with Gasteiger partial charge in [-0.15, -0.1) is 0 Å². The molecule has 288 valence electrons. The van der Waals surface area contributed by atoms with Crippen molar-refractivity contribution >= 4 is 25.9 Å². The van der Waals surface area contributed by atoms with E-state index in [0.29, 0.717) is 11.5 Å². The number of methoxy groups -OCH3 is 2. The zero-order valence-corrected chi connectivity index (χ0v) is 34.6. The lowest BCUT2D eigenvalue weighted by Crippen LogP contribution is -2.61. The quantitative estimate of drug-likeness (QED) is 0.0769. The zero-order chi connectivity index (χ0) is 39.1. The van der Waals surface area contributed by atoms with Crippen molar-refractivity contribution in [3.8, 4) is 11.5 Å². The number of ketones is 1. The van der Waals surface area contributed by atoms with Crippen molar-refractivity contribution in [2.75, 3.05) is 20.8 Å². The van der Waals surface area contributed by atoms with Crippen molar-refractivity contribution in [3.63, 3.8) is 0 Å². The van der Waals surface area contributed by atoms with Crippen LogP contribution in [0.4, 0.5) is 0 Å². The fourth-order valence-corrected chi connectivity index (χ4v) is 8.91. The number of ether oxygens (including phenoxy) is 5. The first-order valence-corrected chi connectivity index (χ1v) is 22.5. The predicted molar refractivity (Wildman–Crippen MR) is 221 cm³/mol. The molecule has 0 saturated carbocycles. The second kappa shape index (κ2) is 17.7. The van der Waals surface area contributed by atoms with Crippen molar-refractivity contribution in [1.29, 1.82) is 0 Å². The van der Waals surface area contributed by atoms with Gasteiger partial charge in [0.25, 0.3) is 0 Å². The van der Waals surface area contributed by atoms with Gasteiger partial charge in [-0.25, -0.2) is 0 Å². The van der Waals surface area contributed by atoms with Gasteiger partial charge in [-0.3, -0.25) is 4.79 Å². The van der Waals surface area contributed by atoms with Crippen molar-refractivity contribution in [3.05, 3.63) is 162 Å². The summed E-state index contributed by atoms with van der Waals surface area (Å²) in [5.74, 6) is 1.09. The van der Waals surface area contributed by atoms with Gasteiger partial charge in [0, 0.05) is 11.0 Å². The third-order valence-corrected chi connectivity index (χ3v) is 16.1. The highest BCUT2D eigenvalue weighted by Crippen LogP contribution is 2.44. The van der Waals surface area contributed by atoms with Crippen molar-refractivity contribution in [2.24, 2.45) is 0 Å². The molecule has 1 saturated heterocycles. The monoisotopic (exact) mass is 776 g/mol. The number of hydrogen-bond acceptors (Lipinski definition) is 8. The van der Waals surface area contributed by atoms with E-state index < -0.39 is 37.7 Å². The molecule has 1 heterocycles. The molecule has 0 radical (unpaired) electrons. The van der Waals surface area contributed by atoms with Gasteiger partial charge in [-0.2, -0.15) is 0 Å². The summed E-state index contributed by atoms with van der Waals surface area (Å²) >= 11 is 1.52. The average Bonchev–Trinajstić information content (AvgIpc) is 3.20. The molecule has 7 nitrogen and oxygen atoms in total. The summed E-state index contributed by atoms with van der Waals surface area (Å²) in [7, 11) is 0.707. The van der Waals surface area contributed by atoms with E-state index in [1.165, 1.54) is 11.8 Å². The third kappa shape index (κ3) is 9.26. The first-order chi connectivity index (χ1) is 26.4. The van der Waals surface area contributed by atoms with Crippen LogP contribution in [0.5, 0.6) is 11.5 Å². The minimum atomic E-state index is -2.53. The maximum Gasteiger partial charge on any atom is 0.194 e. The Labute approximate surface area is 331 Å². The van der Waals surface area contributed by atoms with E-state index in [9.17, 15) is 0 Å². The third-order valence-electron chi connectivity index (χ3n) is 10.5. The molecule has 0 aromatic heterocycles. The summed E-state index contributed by atoms with van der Waals surface area (Å²) in [5, 5.41) is -0.173. The molecule has 1 aliphatic rings. The van der Waals surface area contributed by atoms with Gasteiger partial charge >= 0.3 is 0 Å². The molecule has 0 N–H and O–H groups in total. The smallest absolute Gasteiger partial charge is 0.194 e. The van der Waals surface area contributed by atoms with Gasteiger partial charge in [0.15, 0.2) is 14.1 Å². The molecule has 6 rings (SSSR count). The number of rotatable bonds is 15. The first kappa shape index (κ1) is 40.4. The number of Topliss-reactive ketones (excluding diaryl/α,β-unsaturated/α-hetero) is 1. The van der Waals surface area contributed by atoms with Crippen LogP contribution in [0, 0.1) is 0 Å². The van der Waals surface area contributed by atoms with Crippen LogP contribution in [0.25, 0.3) is 0 Å². The second-order valence-electron chi connectivity index (χ2n) is 15.2. The number of hydrogen-bond donors (Lipinski definition) is 0. The van der Waals surface area contributed by atoms with Gasteiger partial charge in [0.05, 0.1) is 27.4 Å². The van der Waals surface area contributed by atoms with Crippen LogP contribution in [-0.4, -0.2) is 58.7 Å². The Kier molecular flexibility index (Phi) is 13.0. The summed E-state index contributed by atoms with van der Waals surface area (Å²) in [5.41, 5.74) is 2.00. The van der Waals surface area contributed by atoms with E-state index in [4.69, 9.17) is 28.1 Å². The Morgan fingerprint density at radius 2 is 1.16 bits per heavy atom. The van der Waals surface area contributed by atoms with Gasteiger partial charge in [0.2, 0.25) is 0 Å². The highest BCUT2D eigenvalue weighted by molar-refractivity contribution is 7.99. The lowest BCUT2D eigenvalue weighted by Gasteiger charge is -2.46. The molecule has 0 aliphatic carbocycles. The van der Waals surface area contributed by atoms with E-state index in [1.54, 1.807) is 14.2 Å². The van der Waals surface area contributed by atoms with E-state index in [-0.39, 0.29) is 24.0 Å². The lowest BCUT2D eigenvalue weighted by atomic mass is 9.80. The number of carbonyl (C=O) groups is 1. The number of carbonyl (C=O) groups excluding carboxylic acids is 1. The summed E-state index contributed by atoms with van der Waals surface area (Å²) < 4.78 is 39.0. The predicted octanol–water partition coefficient (Wildman–Crippen LogP) is 10.1. The molecule has 0 bridgehead atoms. The molecule has 0 spiro atoms.